The minimum atomic E-state index is -4.57. The first-order chi connectivity index (χ1) is 12.6. The lowest BCUT2D eigenvalue weighted by Crippen LogP contribution is -2.14. The van der Waals surface area contributed by atoms with Gasteiger partial charge in [0, 0.05) is 30.2 Å². The zero-order chi connectivity index (χ0) is 19.8. The molecule has 0 unspecified atom stereocenters. The number of nitrogens with one attached hydrogen (secondary N) is 1. The normalized spacial score (nSPS) is 11.6. The molecule has 140 valence electrons. The van der Waals surface area contributed by atoms with Crippen molar-refractivity contribution in [2.24, 2.45) is 0 Å². The molecule has 7 nitrogen and oxygen atoms in total. The largest absolute Gasteiger partial charge is 0.417 e. The lowest BCUT2D eigenvalue weighted by atomic mass is 10.2. The van der Waals surface area contributed by atoms with Crippen LogP contribution in [0.4, 0.5) is 24.5 Å². The van der Waals surface area contributed by atoms with Crippen LogP contribution in [0.3, 0.4) is 0 Å². The van der Waals surface area contributed by atoms with Gasteiger partial charge in [0.1, 0.15) is 0 Å². The number of hydrogen-bond acceptors (Lipinski definition) is 4. The van der Waals surface area contributed by atoms with E-state index in [9.17, 15) is 28.1 Å². The lowest BCUT2D eigenvalue weighted by Gasteiger charge is -2.07. The molecule has 0 aliphatic rings. The maximum atomic E-state index is 12.8. The Morgan fingerprint density at radius 2 is 2.04 bits per heavy atom. The third-order valence-corrected chi connectivity index (χ3v) is 3.84. The molecule has 0 aliphatic heterocycles. The molecular weight excluding hydrogens is 389 g/mol. The van der Waals surface area contributed by atoms with Gasteiger partial charge in [0.25, 0.3) is 5.69 Å². The average Bonchev–Trinajstić information content (AvgIpc) is 2.97. The molecule has 11 heteroatoms. The first-order valence-corrected chi connectivity index (χ1v) is 7.80. The van der Waals surface area contributed by atoms with Crippen LogP contribution in [0, 0.1) is 10.1 Å². The molecule has 0 bridgehead atoms. The summed E-state index contributed by atoms with van der Waals surface area (Å²) in [6.07, 6.45) is -2.72. The van der Waals surface area contributed by atoms with Gasteiger partial charge < -0.3 is 9.72 Å². The standard InChI is InChI=1S/C16H10ClF3N4O3/c17-13-4-9(16(18,19)20)7-23-8-11(22-15(13)23)6-14(25)21-10-2-1-3-12(5-10)24(26)27/h1-5,7-8H,6H2,(H,21,25). The van der Waals surface area contributed by atoms with E-state index < -0.39 is 22.6 Å². The Hall–Kier alpha value is -3.14. The first kappa shape index (κ1) is 18.6. The van der Waals surface area contributed by atoms with E-state index in [1.165, 1.54) is 30.5 Å². The van der Waals surface area contributed by atoms with Crippen LogP contribution in [0.1, 0.15) is 11.3 Å². The smallest absolute Gasteiger partial charge is 0.325 e. The summed E-state index contributed by atoms with van der Waals surface area (Å²) < 4.78 is 39.6. The van der Waals surface area contributed by atoms with Crippen LogP contribution in [0.5, 0.6) is 0 Å². The van der Waals surface area contributed by atoms with Crippen molar-refractivity contribution in [3.05, 3.63) is 69.1 Å². The molecule has 0 saturated heterocycles. The number of rotatable bonds is 4. The molecule has 0 radical (unpaired) electrons. The van der Waals surface area contributed by atoms with Gasteiger partial charge in [-0.2, -0.15) is 13.2 Å². The number of nitro groups is 1. The molecule has 1 amide bonds. The molecule has 2 heterocycles. The molecule has 1 aromatic carbocycles. The summed E-state index contributed by atoms with van der Waals surface area (Å²) in [4.78, 5) is 26.3. The van der Waals surface area contributed by atoms with Crippen LogP contribution < -0.4 is 5.32 Å². The number of pyridine rings is 1. The highest BCUT2D eigenvalue weighted by atomic mass is 35.5. The van der Waals surface area contributed by atoms with Crippen molar-refractivity contribution in [3.63, 3.8) is 0 Å². The van der Waals surface area contributed by atoms with Gasteiger partial charge in [-0.15, -0.1) is 0 Å². The first-order valence-electron chi connectivity index (χ1n) is 7.42. The van der Waals surface area contributed by atoms with Gasteiger partial charge in [0.15, 0.2) is 5.65 Å². The van der Waals surface area contributed by atoms with Gasteiger partial charge in [0.2, 0.25) is 5.91 Å². The molecule has 0 aliphatic carbocycles. The van der Waals surface area contributed by atoms with Gasteiger partial charge in [-0.1, -0.05) is 17.7 Å². The van der Waals surface area contributed by atoms with E-state index >= 15 is 0 Å². The molecule has 0 spiro atoms. The highest BCUT2D eigenvalue weighted by Crippen LogP contribution is 2.32. The van der Waals surface area contributed by atoms with Crippen molar-refractivity contribution >= 4 is 34.5 Å². The number of hydrogen-bond donors (Lipinski definition) is 1. The summed E-state index contributed by atoms with van der Waals surface area (Å²) in [6.45, 7) is 0. The van der Waals surface area contributed by atoms with Crippen LogP contribution in [-0.2, 0) is 17.4 Å². The second-order valence-corrected chi connectivity index (χ2v) is 5.98. The van der Waals surface area contributed by atoms with Crippen molar-refractivity contribution < 1.29 is 22.9 Å². The molecule has 3 rings (SSSR count). The number of aromatic nitrogens is 2. The number of benzene rings is 1. The highest BCUT2D eigenvalue weighted by Gasteiger charge is 2.32. The number of alkyl halides is 3. The molecule has 1 N–H and O–H groups in total. The van der Waals surface area contributed by atoms with Crippen LogP contribution >= 0.6 is 11.6 Å². The Balaban J connectivity index is 1.80. The monoisotopic (exact) mass is 398 g/mol. The van der Waals surface area contributed by atoms with Crippen molar-refractivity contribution in [2.45, 2.75) is 12.6 Å². The van der Waals surface area contributed by atoms with Crippen LogP contribution in [-0.4, -0.2) is 20.2 Å². The fourth-order valence-corrected chi connectivity index (χ4v) is 2.67. The maximum Gasteiger partial charge on any atom is 0.417 e. The molecule has 27 heavy (non-hydrogen) atoms. The van der Waals surface area contributed by atoms with Crippen LogP contribution in [0.25, 0.3) is 5.65 Å². The van der Waals surface area contributed by atoms with Gasteiger partial charge in [-0.3, -0.25) is 14.9 Å². The number of carbonyl (C=O) groups is 1. The topological polar surface area (TPSA) is 89.5 Å². The quantitative estimate of drug-likeness (QED) is 0.529. The second-order valence-electron chi connectivity index (χ2n) is 5.57. The summed E-state index contributed by atoms with van der Waals surface area (Å²) in [5, 5.41) is 13.0. The Bertz CT molecular complexity index is 1050. The number of halogens is 4. The number of nitrogens with zero attached hydrogens (tertiary/aromatic N) is 3. The number of amides is 1. The zero-order valence-electron chi connectivity index (χ0n) is 13.3. The fourth-order valence-electron chi connectivity index (χ4n) is 2.41. The second kappa shape index (κ2) is 6.88. The minimum Gasteiger partial charge on any atom is -0.325 e. The molecular formula is C16H10ClF3N4O3. The van der Waals surface area contributed by atoms with Gasteiger partial charge in [0.05, 0.1) is 27.6 Å². The number of fused-ring (bicyclic) bond motifs is 1. The van der Waals surface area contributed by atoms with E-state index in [-0.39, 0.29) is 34.2 Å². The molecule has 2 aromatic heterocycles. The number of nitro benzene ring substituents is 1. The predicted octanol–water partition coefficient (Wildman–Crippen LogP) is 4.10. The van der Waals surface area contributed by atoms with E-state index in [0.717, 1.165) is 16.7 Å². The maximum absolute atomic E-state index is 12.8. The Kier molecular flexibility index (Phi) is 4.75. The van der Waals surface area contributed by atoms with E-state index in [1.54, 1.807) is 0 Å². The Labute approximate surface area is 154 Å². The van der Waals surface area contributed by atoms with Crippen LogP contribution in [0.15, 0.2) is 42.7 Å². The van der Waals surface area contributed by atoms with Crippen molar-refractivity contribution in [3.8, 4) is 0 Å². The summed E-state index contributed by atoms with van der Waals surface area (Å²) in [7, 11) is 0. The number of non-ortho nitro benzene ring substituents is 1. The summed E-state index contributed by atoms with van der Waals surface area (Å²) in [6, 6.07) is 6.11. The minimum absolute atomic E-state index is 0.0859. The Morgan fingerprint density at radius 1 is 1.30 bits per heavy atom. The summed E-state index contributed by atoms with van der Waals surface area (Å²) in [5.74, 6) is -0.536. The van der Waals surface area contributed by atoms with E-state index in [4.69, 9.17) is 11.6 Å². The predicted molar refractivity (Wildman–Crippen MR) is 90.6 cm³/mol. The number of anilines is 1. The summed E-state index contributed by atoms with van der Waals surface area (Å²) in [5.41, 5.74) is -0.630. The van der Waals surface area contributed by atoms with E-state index in [0.29, 0.717) is 0 Å². The van der Waals surface area contributed by atoms with Crippen molar-refractivity contribution in [1.29, 1.82) is 0 Å². The fraction of sp³-hybridized carbons (Fsp3) is 0.125. The van der Waals surface area contributed by atoms with E-state index in [1.807, 2.05) is 0 Å². The molecule has 0 fully saturated rings. The van der Waals surface area contributed by atoms with Gasteiger partial charge in [-0.25, -0.2) is 4.98 Å². The van der Waals surface area contributed by atoms with Crippen molar-refractivity contribution in [1.82, 2.24) is 9.38 Å². The van der Waals surface area contributed by atoms with E-state index in [2.05, 4.69) is 10.3 Å². The highest BCUT2D eigenvalue weighted by molar-refractivity contribution is 6.33. The SMILES string of the molecule is O=C(Cc1cn2cc(C(F)(F)F)cc(Cl)c2n1)Nc1cccc([N+](=O)[O-])c1. The summed E-state index contributed by atoms with van der Waals surface area (Å²) >= 11 is 5.85. The average molecular weight is 399 g/mol. The van der Waals surface area contributed by atoms with Gasteiger partial charge >= 0.3 is 6.18 Å². The molecule has 3 aromatic rings. The Morgan fingerprint density at radius 3 is 2.70 bits per heavy atom. The van der Waals surface area contributed by atoms with Crippen molar-refractivity contribution in [2.75, 3.05) is 5.32 Å². The lowest BCUT2D eigenvalue weighted by molar-refractivity contribution is -0.384. The zero-order valence-corrected chi connectivity index (χ0v) is 14.1. The third-order valence-electron chi connectivity index (χ3n) is 3.57. The molecule has 0 atom stereocenters. The van der Waals surface area contributed by atoms with Crippen LogP contribution in [0.2, 0.25) is 5.02 Å². The van der Waals surface area contributed by atoms with Gasteiger partial charge in [-0.05, 0) is 12.1 Å². The number of imidazole rings is 1. The number of carbonyl (C=O) groups excluding carboxylic acids is 1. The third kappa shape index (κ3) is 4.17. The molecule has 0 saturated carbocycles.